The summed E-state index contributed by atoms with van der Waals surface area (Å²) in [5, 5.41) is 3.09. The van der Waals surface area contributed by atoms with Gasteiger partial charge < -0.3 is 11.1 Å². The van der Waals surface area contributed by atoms with Crippen LogP contribution >= 0.6 is 0 Å². The van der Waals surface area contributed by atoms with Crippen molar-refractivity contribution < 1.29 is 4.79 Å². The number of nitrogens with two attached hydrogens (primary N) is 1. The van der Waals surface area contributed by atoms with Gasteiger partial charge in [-0.2, -0.15) is 0 Å². The third kappa shape index (κ3) is 4.07. The van der Waals surface area contributed by atoms with E-state index in [1.807, 2.05) is 6.07 Å². The molecule has 1 saturated carbocycles. The van der Waals surface area contributed by atoms with E-state index >= 15 is 0 Å². The minimum atomic E-state index is 0.203. The van der Waals surface area contributed by atoms with Crippen molar-refractivity contribution in [3.63, 3.8) is 0 Å². The minimum Gasteiger partial charge on any atom is -0.356 e. The molecule has 1 aromatic rings. The number of rotatable bonds is 5. The summed E-state index contributed by atoms with van der Waals surface area (Å²) in [6.45, 7) is 3.62. The first-order valence-electron chi connectivity index (χ1n) is 7.73. The molecule has 110 valence electrons. The van der Waals surface area contributed by atoms with Crippen LogP contribution in [0.3, 0.4) is 0 Å². The van der Waals surface area contributed by atoms with E-state index in [0.717, 1.165) is 45.2 Å². The Hall–Kier alpha value is -1.35. The van der Waals surface area contributed by atoms with Crippen LogP contribution in [0, 0.1) is 18.8 Å². The maximum atomic E-state index is 12.1. The fourth-order valence-corrected chi connectivity index (χ4v) is 3.02. The van der Waals surface area contributed by atoms with Crippen LogP contribution in [0.25, 0.3) is 0 Å². The molecule has 1 aliphatic carbocycles. The molecule has 1 aromatic carbocycles. The van der Waals surface area contributed by atoms with E-state index in [0.29, 0.717) is 5.92 Å². The van der Waals surface area contributed by atoms with Gasteiger partial charge in [0.1, 0.15) is 0 Å². The van der Waals surface area contributed by atoms with Gasteiger partial charge in [-0.05, 0) is 62.6 Å². The van der Waals surface area contributed by atoms with E-state index in [2.05, 4.69) is 30.4 Å². The summed E-state index contributed by atoms with van der Waals surface area (Å²) in [6, 6.07) is 8.35. The van der Waals surface area contributed by atoms with E-state index in [-0.39, 0.29) is 11.8 Å². The Morgan fingerprint density at radius 2 is 1.95 bits per heavy atom. The highest BCUT2D eigenvalue weighted by Crippen LogP contribution is 2.28. The van der Waals surface area contributed by atoms with E-state index < -0.39 is 0 Å². The van der Waals surface area contributed by atoms with Crippen molar-refractivity contribution >= 4 is 5.91 Å². The van der Waals surface area contributed by atoms with Gasteiger partial charge in [-0.1, -0.05) is 24.3 Å². The minimum absolute atomic E-state index is 0.203. The number of nitrogens with one attached hydrogen (secondary N) is 1. The lowest BCUT2D eigenvalue weighted by Crippen LogP contribution is -2.35. The first kappa shape index (κ1) is 15.0. The maximum Gasteiger partial charge on any atom is 0.223 e. The Morgan fingerprint density at radius 3 is 2.60 bits per heavy atom. The van der Waals surface area contributed by atoms with Crippen molar-refractivity contribution in [2.75, 3.05) is 13.1 Å². The van der Waals surface area contributed by atoms with Gasteiger partial charge in [0.25, 0.3) is 0 Å². The number of amides is 1. The van der Waals surface area contributed by atoms with Gasteiger partial charge in [-0.25, -0.2) is 0 Å². The Balaban J connectivity index is 1.72. The van der Waals surface area contributed by atoms with Crippen LogP contribution in [-0.4, -0.2) is 19.0 Å². The van der Waals surface area contributed by atoms with Gasteiger partial charge in [0.15, 0.2) is 0 Å². The van der Waals surface area contributed by atoms with E-state index in [1.165, 1.54) is 11.1 Å². The van der Waals surface area contributed by atoms with Gasteiger partial charge in [-0.15, -0.1) is 0 Å². The fourth-order valence-electron chi connectivity index (χ4n) is 3.02. The molecule has 0 heterocycles. The number of aryl methyl sites for hydroxylation is 1. The van der Waals surface area contributed by atoms with Crippen LogP contribution < -0.4 is 11.1 Å². The molecule has 0 unspecified atom stereocenters. The maximum absolute atomic E-state index is 12.1. The Morgan fingerprint density at radius 1 is 1.25 bits per heavy atom. The second kappa shape index (κ2) is 7.44. The molecule has 1 amide bonds. The van der Waals surface area contributed by atoms with Crippen molar-refractivity contribution in [3.05, 3.63) is 35.4 Å². The standard InChI is InChI=1S/C17H26N2O/c1-13-4-2-3-5-15(13)10-11-19-17(20)16-8-6-14(12-18)7-9-16/h2-5,14,16H,6-12,18H2,1H3,(H,19,20). The summed E-state index contributed by atoms with van der Waals surface area (Å²) in [5.74, 6) is 1.06. The predicted octanol–water partition coefficient (Wildman–Crippen LogP) is 2.42. The molecule has 2 rings (SSSR count). The fraction of sp³-hybridized carbons (Fsp3) is 0.588. The average Bonchev–Trinajstić information content (AvgIpc) is 2.49. The third-order valence-electron chi connectivity index (χ3n) is 4.51. The lowest BCUT2D eigenvalue weighted by atomic mass is 9.81. The Kier molecular flexibility index (Phi) is 5.60. The van der Waals surface area contributed by atoms with E-state index in [9.17, 15) is 4.79 Å². The third-order valence-corrected chi connectivity index (χ3v) is 4.51. The summed E-state index contributed by atoms with van der Waals surface area (Å²) < 4.78 is 0. The first-order valence-corrected chi connectivity index (χ1v) is 7.73. The molecule has 0 atom stereocenters. The van der Waals surface area contributed by atoms with Crippen LogP contribution in [-0.2, 0) is 11.2 Å². The van der Waals surface area contributed by atoms with Crippen molar-refractivity contribution in [2.45, 2.75) is 39.0 Å². The highest BCUT2D eigenvalue weighted by Gasteiger charge is 2.25. The number of benzene rings is 1. The number of hydrogen-bond donors (Lipinski definition) is 2. The van der Waals surface area contributed by atoms with E-state index in [4.69, 9.17) is 5.73 Å². The number of carbonyl (C=O) groups excluding carboxylic acids is 1. The molecular formula is C17H26N2O. The topological polar surface area (TPSA) is 55.1 Å². The first-order chi connectivity index (χ1) is 9.70. The van der Waals surface area contributed by atoms with Crippen molar-refractivity contribution in [3.8, 4) is 0 Å². The summed E-state index contributed by atoms with van der Waals surface area (Å²) in [4.78, 5) is 12.1. The van der Waals surface area contributed by atoms with Crippen LogP contribution in [0.1, 0.15) is 36.8 Å². The second-order valence-corrected chi connectivity index (χ2v) is 5.92. The molecule has 0 radical (unpaired) electrons. The van der Waals surface area contributed by atoms with Crippen LogP contribution in [0.5, 0.6) is 0 Å². The monoisotopic (exact) mass is 274 g/mol. The summed E-state index contributed by atoms with van der Waals surface area (Å²) >= 11 is 0. The molecule has 20 heavy (non-hydrogen) atoms. The molecular weight excluding hydrogens is 248 g/mol. The summed E-state index contributed by atoms with van der Waals surface area (Å²) in [5.41, 5.74) is 8.30. The van der Waals surface area contributed by atoms with Crippen molar-refractivity contribution in [2.24, 2.45) is 17.6 Å². The van der Waals surface area contributed by atoms with Crippen LogP contribution in [0.15, 0.2) is 24.3 Å². The number of carbonyl (C=O) groups is 1. The van der Waals surface area contributed by atoms with Crippen LogP contribution in [0.4, 0.5) is 0 Å². The Labute approximate surface area is 121 Å². The van der Waals surface area contributed by atoms with Crippen LogP contribution in [0.2, 0.25) is 0 Å². The summed E-state index contributed by atoms with van der Waals surface area (Å²) in [7, 11) is 0. The lowest BCUT2D eigenvalue weighted by molar-refractivity contribution is -0.126. The van der Waals surface area contributed by atoms with Gasteiger partial charge in [0.2, 0.25) is 5.91 Å². The largest absolute Gasteiger partial charge is 0.356 e. The molecule has 3 N–H and O–H groups in total. The van der Waals surface area contributed by atoms with Crippen molar-refractivity contribution in [1.29, 1.82) is 0 Å². The zero-order chi connectivity index (χ0) is 14.4. The Bertz CT molecular complexity index is 436. The molecule has 1 aliphatic rings. The summed E-state index contributed by atoms with van der Waals surface area (Å²) in [6.07, 6.45) is 5.12. The van der Waals surface area contributed by atoms with Gasteiger partial charge in [-0.3, -0.25) is 4.79 Å². The highest BCUT2D eigenvalue weighted by atomic mass is 16.1. The predicted molar refractivity (Wildman–Crippen MR) is 82.4 cm³/mol. The number of hydrogen-bond acceptors (Lipinski definition) is 2. The molecule has 3 nitrogen and oxygen atoms in total. The molecule has 1 fully saturated rings. The van der Waals surface area contributed by atoms with Gasteiger partial charge >= 0.3 is 0 Å². The quantitative estimate of drug-likeness (QED) is 0.866. The average molecular weight is 274 g/mol. The lowest BCUT2D eigenvalue weighted by Gasteiger charge is -2.26. The second-order valence-electron chi connectivity index (χ2n) is 5.92. The van der Waals surface area contributed by atoms with E-state index in [1.54, 1.807) is 0 Å². The van der Waals surface area contributed by atoms with Gasteiger partial charge in [0, 0.05) is 12.5 Å². The zero-order valence-corrected chi connectivity index (χ0v) is 12.4. The SMILES string of the molecule is Cc1ccccc1CCNC(=O)C1CCC(CN)CC1. The molecule has 0 aromatic heterocycles. The zero-order valence-electron chi connectivity index (χ0n) is 12.4. The normalized spacial score (nSPS) is 22.5. The molecule has 0 saturated heterocycles. The smallest absolute Gasteiger partial charge is 0.223 e. The molecule has 3 heteroatoms. The molecule has 0 spiro atoms. The van der Waals surface area contributed by atoms with Crippen molar-refractivity contribution in [1.82, 2.24) is 5.32 Å². The highest BCUT2D eigenvalue weighted by molar-refractivity contribution is 5.78. The molecule has 0 bridgehead atoms. The van der Waals surface area contributed by atoms with Gasteiger partial charge in [0.05, 0.1) is 0 Å². The molecule has 0 aliphatic heterocycles.